The van der Waals surface area contributed by atoms with Gasteiger partial charge in [0.2, 0.25) is 10.0 Å². The molecule has 1 aromatic carbocycles. The maximum atomic E-state index is 11.9. The molecule has 0 unspecified atom stereocenters. The lowest BCUT2D eigenvalue weighted by molar-refractivity contribution is 0.581. The van der Waals surface area contributed by atoms with Gasteiger partial charge >= 0.3 is 0 Å². The predicted octanol–water partition coefficient (Wildman–Crippen LogP) is 2.72. The van der Waals surface area contributed by atoms with Crippen LogP contribution in [0, 0.1) is 6.92 Å². The van der Waals surface area contributed by atoms with Crippen LogP contribution in [0.3, 0.4) is 0 Å². The summed E-state index contributed by atoms with van der Waals surface area (Å²) in [5.41, 5.74) is 3.07. The Morgan fingerprint density at radius 2 is 2.05 bits per heavy atom. The van der Waals surface area contributed by atoms with Crippen molar-refractivity contribution in [2.75, 3.05) is 6.54 Å². The molecule has 0 aliphatic rings. The molecule has 0 bridgehead atoms. The van der Waals surface area contributed by atoms with Gasteiger partial charge in [0.15, 0.2) is 0 Å². The van der Waals surface area contributed by atoms with Crippen molar-refractivity contribution < 1.29 is 8.42 Å². The van der Waals surface area contributed by atoms with Gasteiger partial charge in [-0.3, -0.25) is 0 Å². The number of hydrogen-bond acceptors (Lipinski definition) is 3. The van der Waals surface area contributed by atoms with Gasteiger partial charge < -0.3 is 0 Å². The fourth-order valence-electron chi connectivity index (χ4n) is 1.86. The highest BCUT2D eigenvalue weighted by Crippen LogP contribution is 2.09. The Morgan fingerprint density at radius 1 is 1.21 bits per heavy atom. The zero-order valence-corrected chi connectivity index (χ0v) is 12.4. The van der Waals surface area contributed by atoms with Crippen LogP contribution in [0.25, 0.3) is 0 Å². The van der Waals surface area contributed by atoms with E-state index in [0.717, 1.165) is 17.5 Å². The summed E-state index contributed by atoms with van der Waals surface area (Å²) >= 11 is 1.62. The quantitative estimate of drug-likeness (QED) is 0.890. The number of hydrogen-bond donors (Lipinski definition) is 1. The molecule has 1 N–H and O–H groups in total. The molecule has 1 aromatic heterocycles. The summed E-state index contributed by atoms with van der Waals surface area (Å²) in [6, 6.07) is 9.59. The van der Waals surface area contributed by atoms with Crippen molar-refractivity contribution in [1.29, 1.82) is 0 Å². The molecule has 19 heavy (non-hydrogen) atoms. The van der Waals surface area contributed by atoms with Crippen LogP contribution in [-0.2, 0) is 22.2 Å². The molecule has 5 heteroatoms. The third kappa shape index (κ3) is 4.78. The highest BCUT2D eigenvalue weighted by Gasteiger charge is 2.10. The Kier molecular flexibility index (Phi) is 4.74. The fourth-order valence-corrected chi connectivity index (χ4v) is 3.69. The molecule has 0 saturated heterocycles. The third-order valence-corrected chi connectivity index (χ3v) is 4.84. The summed E-state index contributed by atoms with van der Waals surface area (Å²) in [5.74, 6) is 0.0400. The largest absolute Gasteiger partial charge is 0.215 e. The zero-order valence-electron chi connectivity index (χ0n) is 10.8. The molecule has 102 valence electrons. The topological polar surface area (TPSA) is 46.2 Å². The van der Waals surface area contributed by atoms with E-state index < -0.39 is 10.0 Å². The summed E-state index contributed by atoms with van der Waals surface area (Å²) in [5, 5.41) is 4.03. The second-order valence-electron chi connectivity index (χ2n) is 4.52. The molecule has 1 heterocycles. The molecule has 0 saturated carbocycles. The molecule has 0 aliphatic carbocycles. The Labute approximate surface area is 118 Å². The number of benzene rings is 1. The van der Waals surface area contributed by atoms with Gasteiger partial charge in [0.25, 0.3) is 0 Å². The van der Waals surface area contributed by atoms with Gasteiger partial charge in [-0.2, -0.15) is 11.3 Å². The van der Waals surface area contributed by atoms with E-state index in [1.54, 1.807) is 11.3 Å². The van der Waals surface area contributed by atoms with Crippen molar-refractivity contribution in [3.05, 3.63) is 57.8 Å². The fraction of sp³-hybridized carbons (Fsp3) is 0.286. The molecular weight excluding hydrogens is 278 g/mol. The lowest BCUT2D eigenvalue weighted by Gasteiger charge is -2.07. The minimum Gasteiger partial charge on any atom is -0.215 e. The molecule has 0 aliphatic heterocycles. The zero-order chi connectivity index (χ0) is 13.7. The van der Waals surface area contributed by atoms with E-state index in [2.05, 4.69) is 4.72 Å². The van der Waals surface area contributed by atoms with Crippen molar-refractivity contribution >= 4 is 21.4 Å². The van der Waals surface area contributed by atoms with Crippen molar-refractivity contribution in [3.63, 3.8) is 0 Å². The second-order valence-corrected chi connectivity index (χ2v) is 7.11. The highest BCUT2D eigenvalue weighted by molar-refractivity contribution is 7.88. The van der Waals surface area contributed by atoms with Crippen LogP contribution < -0.4 is 4.72 Å². The lowest BCUT2D eigenvalue weighted by atomic mass is 10.2. The van der Waals surface area contributed by atoms with E-state index in [9.17, 15) is 8.42 Å². The van der Waals surface area contributed by atoms with E-state index in [-0.39, 0.29) is 5.75 Å². The Balaban J connectivity index is 1.88. The average molecular weight is 295 g/mol. The smallest absolute Gasteiger partial charge is 0.215 e. The summed E-state index contributed by atoms with van der Waals surface area (Å²) in [4.78, 5) is 0. The number of sulfonamides is 1. The summed E-state index contributed by atoms with van der Waals surface area (Å²) < 4.78 is 26.5. The van der Waals surface area contributed by atoms with Crippen LogP contribution >= 0.6 is 11.3 Å². The van der Waals surface area contributed by atoms with Crippen LogP contribution in [0.5, 0.6) is 0 Å². The standard InChI is InChI=1S/C14H17NO2S2/c1-12-3-2-4-14(9-12)11-19(16,17)15-7-5-13-6-8-18-10-13/h2-4,6,8-10,15H,5,7,11H2,1H3. The van der Waals surface area contributed by atoms with Gasteiger partial charge in [-0.25, -0.2) is 13.1 Å². The van der Waals surface area contributed by atoms with Crippen molar-refractivity contribution in [1.82, 2.24) is 4.72 Å². The summed E-state index contributed by atoms with van der Waals surface area (Å²) in [7, 11) is -3.25. The van der Waals surface area contributed by atoms with Crippen molar-refractivity contribution in [2.24, 2.45) is 0 Å². The Hall–Kier alpha value is -1.17. The van der Waals surface area contributed by atoms with Gasteiger partial charge in [0.1, 0.15) is 0 Å². The number of aryl methyl sites for hydroxylation is 1. The molecule has 2 aromatic rings. The van der Waals surface area contributed by atoms with Gasteiger partial charge in [0.05, 0.1) is 5.75 Å². The Bertz CT molecular complexity index is 619. The molecule has 0 fully saturated rings. The first-order valence-electron chi connectivity index (χ1n) is 6.09. The third-order valence-electron chi connectivity index (χ3n) is 2.75. The second kappa shape index (κ2) is 6.32. The molecule has 0 radical (unpaired) electrons. The number of thiophene rings is 1. The lowest BCUT2D eigenvalue weighted by Crippen LogP contribution is -2.27. The van der Waals surface area contributed by atoms with E-state index >= 15 is 0 Å². The summed E-state index contributed by atoms with van der Waals surface area (Å²) in [6.07, 6.45) is 0.733. The molecular formula is C14H17NO2S2. The van der Waals surface area contributed by atoms with Crippen LogP contribution in [0.4, 0.5) is 0 Å². The van der Waals surface area contributed by atoms with Crippen molar-refractivity contribution in [3.8, 4) is 0 Å². The Morgan fingerprint density at radius 3 is 2.74 bits per heavy atom. The molecule has 0 atom stereocenters. The minimum atomic E-state index is -3.25. The van der Waals surface area contributed by atoms with Gasteiger partial charge in [-0.15, -0.1) is 0 Å². The van der Waals surface area contributed by atoms with E-state index in [0.29, 0.717) is 6.54 Å². The SMILES string of the molecule is Cc1cccc(CS(=O)(=O)NCCc2ccsc2)c1. The molecule has 0 amide bonds. The molecule has 3 nitrogen and oxygen atoms in total. The predicted molar refractivity (Wildman–Crippen MR) is 79.8 cm³/mol. The van der Waals surface area contributed by atoms with Crippen LogP contribution in [0.1, 0.15) is 16.7 Å². The normalized spacial score (nSPS) is 11.6. The van der Waals surface area contributed by atoms with E-state index in [1.807, 2.05) is 48.0 Å². The molecule has 2 rings (SSSR count). The van der Waals surface area contributed by atoms with Gasteiger partial charge in [-0.05, 0) is 41.3 Å². The highest BCUT2D eigenvalue weighted by atomic mass is 32.2. The van der Waals surface area contributed by atoms with Crippen molar-refractivity contribution in [2.45, 2.75) is 19.1 Å². The minimum absolute atomic E-state index is 0.0400. The maximum absolute atomic E-state index is 11.9. The van der Waals surface area contributed by atoms with Crippen LogP contribution in [0.2, 0.25) is 0 Å². The summed E-state index contributed by atoms with van der Waals surface area (Å²) in [6.45, 7) is 2.41. The van der Waals surface area contributed by atoms with Gasteiger partial charge in [-0.1, -0.05) is 29.8 Å². The van der Waals surface area contributed by atoms with Crippen LogP contribution in [-0.4, -0.2) is 15.0 Å². The average Bonchev–Trinajstić information content (AvgIpc) is 2.81. The monoisotopic (exact) mass is 295 g/mol. The van der Waals surface area contributed by atoms with E-state index in [4.69, 9.17) is 0 Å². The maximum Gasteiger partial charge on any atom is 0.215 e. The number of nitrogens with one attached hydrogen (secondary N) is 1. The molecule has 0 spiro atoms. The first kappa shape index (κ1) is 14.2. The van der Waals surface area contributed by atoms with Gasteiger partial charge in [0, 0.05) is 6.54 Å². The first-order valence-corrected chi connectivity index (χ1v) is 8.69. The first-order chi connectivity index (χ1) is 9.05. The van der Waals surface area contributed by atoms with Crippen LogP contribution in [0.15, 0.2) is 41.1 Å². The number of rotatable bonds is 6. The van der Waals surface area contributed by atoms with E-state index in [1.165, 1.54) is 5.56 Å².